The van der Waals surface area contributed by atoms with Gasteiger partial charge in [0.15, 0.2) is 0 Å². The number of nitrogens with one attached hydrogen (secondary N) is 1. The molecule has 0 bridgehead atoms. The van der Waals surface area contributed by atoms with E-state index in [0.717, 1.165) is 5.56 Å². The highest BCUT2D eigenvalue weighted by molar-refractivity contribution is 9.10. The van der Waals surface area contributed by atoms with Gasteiger partial charge in [0, 0.05) is 16.4 Å². The number of aryl methyl sites for hydroxylation is 1. The number of rotatable bonds is 3. The summed E-state index contributed by atoms with van der Waals surface area (Å²) in [5.74, 6) is -0.808. The summed E-state index contributed by atoms with van der Waals surface area (Å²) in [6.45, 7) is 1.84. The maximum atomic E-state index is 12.2. The number of carbonyl (C=O) groups is 2. The lowest BCUT2D eigenvalue weighted by Crippen LogP contribution is -2.15. The van der Waals surface area contributed by atoms with Gasteiger partial charge in [-0.2, -0.15) is 0 Å². The number of ether oxygens (including phenoxy) is 1. The zero-order chi connectivity index (χ0) is 15.4. The van der Waals surface area contributed by atoms with Gasteiger partial charge in [-0.05, 0) is 52.7 Å². The van der Waals surface area contributed by atoms with Crippen LogP contribution in [-0.2, 0) is 4.74 Å². The lowest BCUT2D eigenvalue weighted by Gasteiger charge is -2.10. The second kappa shape index (κ2) is 6.49. The predicted molar refractivity (Wildman–Crippen MR) is 82.4 cm³/mol. The summed E-state index contributed by atoms with van der Waals surface area (Å²) >= 11 is 3.28. The Balaban J connectivity index is 2.29. The Hall–Kier alpha value is -2.21. The van der Waals surface area contributed by atoms with Crippen molar-refractivity contribution in [3.63, 3.8) is 0 Å². The first-order valence-corrected chi connectivity index (χ1v) is 6.93. The van der Waals surface area contributed by atoms with Crippen molar-refractivity contribution in [2.45, 2.75) is 6.92 Å². The quantitative estimate of drug-likeness (QED) is 0.865. The maximum Gasteiger partial charge on any atom is 0.337 e. The maximum absolute atomic E-state index is 12.2. The minimum atomic E-state index is -0.454. The number of pyridine rings is 1. The number of aromatic nitrogens is 1. The van der Waals surface area contributed by atoms with Crippen LogP contribution in [0.2, 0.25) is 0 Å². The van der Waals surface area contributed by atoms with Crippen LogP contribution >= 0.6 is 15.9 Å². The molecule has 0 saturated heterocycles. The Morgan fingerprint density at radius 1 is 1.29 bits per heavy atom. The highest BCUT2D eigenvalue weighted by Crippen LogP contribution is 2.20. The number of amides is 1. The molecule has 1 aromatic carbocycles. The van der Waals surface area contributed by atoms with Gasteiger partial charge < -0.3 is 10.1 Å². The standard InChI is InChI=1S/C15H13BrN2O3/c1-9-5-6-10(15(20)21-2)8-12(9)18-14(19)13-11(16)4-3-7-17-13/h3-8H,1-2H3,(H,18,19). The Kier molecular flexibility index (Phi) is 4.70. The molecule has 108 valence electrons. The first-order chi connectivity index (χ1) is 10.0. The number of halogens is 1. The predicted octanol–water partition coefficient (Wildman–Crippen LogP) is 3.19. The zero-order valence-corrected chi connectivity index (χ0v) is 13.1. The summed E-state index contributed by atoms with van der Waals surface area (Å²) in [7, 11) is 1.31. The van der Waals surface area contributed by atoms with Crippen molar-refractivity contribution in [1.82, 2.24) is 4.98 Å². The van der Waals surface area contributed by atoms with Crippen molar-refractivity contribution in [2.24, 2.45) is 0 Å². The molecule has 6 heteroatoms. The third-order valence-corrected chi connectivity index (χ3v) is 3.52. The van der Waals surface area contributed by atoms with E-state index in [9.17, 15) is 9.59 Å². The molecule has 1 N–H and O–H groups in total. The van der Waals surface area contributed by atoms with E-state index < -0.39 is 5.97 Å². The number of carbonyl (C=O) groups excluding carboxylic acids is 2. The van der Waals surface area contributed by atoms with Crippen LogP contribution in [0.3, 0.4) is 0 Å². The Morgan fingerprint density at radius 3 is 2.71 bits per heavy atom. The average Bonchev–Trinajstić information content (AvgIpc) is 2.49. The molecule has 0 aliphatic carbocycles. The molecule has 2 rings (SSSR count). The Labute approximate surface area is 130 Å². The van der Waals surface area contributed by atoms with E-state index in [0.29, 0.717) is 15.7 Å². The van der Waals surface area contributed by atoms with Gasteiger partial charge in [0.2, 0.25) is 0 Å². The fourth-order valence-electron chi connectivity index (χ4n) is 1.74. The minimum Gasteiger partial charge on any atom is -0.465 e. The van der Waals surface area contributed by atoms with Crippen molar-refractivity contribution in [3.8, 4) is 0 Å². The van der Waals surface area contributed by atoms with E-state index in [1.54, 1.807) is 30.3 Å². The van der Waals surface area contributed by atoms with Crippen LogP contribution in [0.5, 0.6) is 0 Å². The average molecular weight is 349 g/mol. The van der Waals surface area contributed by atoms with Gasteiger partial charge in [0.1, 0.15) is 5.69 Å². The van der Waals surface area contributed by atoms with Gasteiger partial charge in [-0.25, -0.2) is 9.78 Å². The van der Waals surface area contributed by atoms with Crippen LogP contribution in [0.15, 0.2) is 41.0 Å². The first kappa shape index (κ1) is 15.2. The molecule has 0 unspecified atom stereocenters. The molecule has 1 heterocycles. The molecule has 0 fully saturated rings. The van der Waals surface area contributed by atoms with E-state index in [4.69, 9.17) is 0 Å². The van der Waals surface area contributed by atoms with Crippen LogP contribution in [0.4, 0.5) is 5.69 Å². The van der Waals surface area contributed by atoms with Crippen LogP contribution in [0.1, 0.15) is 26.4 Å². The molecule has 21 heavy (non-hydrogen) atoms. The Bertz CT molecular complexity index is 701. The van der Waals surface area contributed by atoms with E-state index >= 15 is 0 Å². The van der Waals surface area contributed by atoms with Crippen molar-refractivity contribution in [3.05, 3.63) is 57.8 Å². The number of hydrogen-bond donors (Lipinski definition) is 1. The molecule has 5 nitrogen and oxygen atoms in total. The van der Waals surface area contributed by atoms with Crippen molar-refractivity contribution < 1.29 is 14.3 Å². The van der Waals surface area contributed by atoms with Crippen LogP contribution in [0, 0.1) is 6.92 Å². The number of hydrogen-bond acceptors (Lipinski definition) is 4. The third kappa shape index (κ3) is 3.46. The first-order valence-electron chi connectivity index (χ1n) is 6.13. The van der Waals surface area contributed by atoms with Gasteiger partial charge in [-0.1, -0.05) is 6.07 Å². The number of benzene rings is 1. The second-order valence-corrected chi connectivity index (χ2v) is 5.16. The number of esters is 1. The van der Waals surface area contributed by atoms with Crippen molar-refractivity contribution >= 4 is 33.5 Å². The number of anilines is 1. The lowest BCUT2D eigenvalue weighted by molar-refractivity contribution is 0.0600. The van der Waals surface area contributed by atoms with Crippen molar-refractivity contribution in [1.29, 1.82) is 0 Å². The van der Waals surface area contributed by atoms with Gasteiger partial charge in [-0.15, -0.1) is 0 Å². The zero-order valence-electron chi connectivity index (χ0n) is 11.5. The molecule has 1 amide bonds. The Morgan fingerprint density at radius 2 is 2.05 bits per heavy atom. The SMILES string of the molecule is COC(=O)c1ccc(C)c(NC(=O)c2ncccc2Br)c1. The summed E-state index contributed by atoms with van der Waals surface area (Å²) in [4.78, 5) is 27.8. The molecule has 0 aliphatic rings. The monoisotopic (exact) mass is 348 g/mol. The van der Waals surface area contributed by atoms with Gasteiger partial charge in [0.25, 0.3) is 5.91 Å². The highest BCUT2D eigenvalue weighted by Gasteiger charge is 2.14. The molecule has 2 aromatic rings. The van der Waals surface area contributed by atoms with E-state index in [2.05, 4.69) is 31.0 Å². The van der Waals surface area contributed by atoms with E-state index in [1.165, 1.54) is 13.3 Å². The van der Waals surface area contributed by atoms with Crippen LogP contribution < -0.4 is 5.32 Å². The van der Waals surface area contributed by atoms with Gasteiger partial charge >= 0.3 is 5.97 Å². The third-order valence-electron chi connectivity index (χ3n) is 2.88. The van der Waals surface area contributed by atoms with Gasteiger partial charge in [-0.3, -0.25) is 4.79 Å². The summed E-state index contributed by atoms with van der Waals surface area (Å²) in [5, 5.41) is 2.75. The minimum absolute atomic E-state index is 0.278. The van der Waals surface area contributed by atoms with Crippen LogP contribution in [0.25, 0.3) is 0 Å². The van der Waals surface area contributed by atoms with Gasteiger partial charge in [0.05, 0.1) is 12.7 Å². The molecule has 0 spiro atoms. The molecular weight excluding hydrogens is 336 g/mol. The topological polar surface area (TPSA) is 68.3 Å². The van der Waals surface area contributed by atoms with E-state index in [1.807, 2.05) is 6.92 Å². The summed E-state index contributed by atoms with van der Waals surface area (Å²) in [5.41, 5.74) is 2.03. The van der Waals surface area contributed by atoms with Crippen LogP contribution in [-0.4, -0.2) is 24.0 Å². The molecule has 0 saturated carbocycles. The fourth-order valence-corrected chi connectivity index (χ4v) is 2.17. The van der Waals surface area contributed by atoms with Crippen molar-refractivity contribution in [2.75, 3.05) is 12.4 Å². The molecular formula is C15H13BrN2O3. The normalized spacial score (nSPS) is 10.0. The second-order valence-electron chi connectivity index (χ2n) is 4.31. The molecule has 1 aromatic heterocycles. The lowest BCUT2D eigenvalue weighted by atomic mass is 10.1. The highest BCUT2D eigenvalue weighted by atomic mass is 79.9. The molecule has 0 atom stereocenters. The summed E-state index contributed by atoms with van der Waals surface area (Å²) < 4.78 is 5.27. The molecule has 0 radical (unpaired) electrons. The van der Waals surface area contributed by atoms with E-state index in [-0.39, 0.29) is 11.6 Å². The number of nitrogens with zero attached hydrogens (tertiary/aromatic N) is 1. The summed E-state index contributed by atoms with van der Waals surface area (Å²) in [6, 6.07) is 8.43. The molecule has 0 aliphatic heterocycles. The number of methoxy groups -OCH3 is 1. The largest absolute Gasteiger partial charge is 0.465 e. The fraction of sp³-hybridized carbons (Fsp3) is 0.133. The smallest absolute Gasteiger partial charge is 0.337 e. The summed E-state index contributed by atoms with van der Waals surface area (Å²) in [6.07, 6.45) is 1.54.